The molecule has 0 aliphatic heterocycles. The van der Waals surface area contributed by atoms with E-state index in [-0.39, 0.29) is 19.0 Å². The number of para-hydroxylation sites is 1. The lowest BCUT2D eigenvalue weighted by molar-refractivity contribution is 0.281. The molecule has 0 aliphatic carbocycles. The Morgan fingerprint density at radius 2 is 1.56 bits per heavy atom. The van der Waals surface area contributed by atoms with E-state index in [2.05, 4.69) is 0 Å². The lowest BCUT2D eigenvalue weighted by Crippen LogP contribution is -2.29. The van der Waals surface area contributed by atoms with Gasteiger partial charge in [0.05, 0.1) is 18.6 Å². The van der Waals surface area contributed by atoms with E-state index in [0.29, 0.717) is 29.6 Å². The van der Waals surface area contributed by atoms with Crippen LogP contribution in [0.25, 0.3) is 22.3 Å². The first-order valence-corrected chi connectivity index (χ1v) is 7.97. The number of aromatic hydroxyl groups is 1. The van der Waals surface area contributed by atoms with Gasteiger partial charge in [-0.2, -0.15) is 0 Å². The van der Waals surface area contributed by atoms with Crippen LogP contribution < -0.4 is 10.3 Å². The van der Waals surface area contributed by atoms with Crippen LogP contribution in [-0.4, -0.2) is 41.6 Å². The molecule has 0 spiro atoms. The van der Waals surface area contributed by atoms with Crippen LogP contribution in [0.1, 0.15) is 0 Å². The molecule has 0 bridgehead atoms. The number of hydrogen-bond acceptors (Lipinski definition) is 6. The molecule has 3 N–H and O–H groups in total. The minimum atomic E-state index is -0.469. The number of fused-ring (bicyclic) bond motifs is 1. The molecular weight excluding hydrogens is 322 g/mol. The average Bonchev–Trinajstić information content (AvgIpc) is 2.65. The van der Waals surface area contributed by atoms with E-state index < -0.39 is 11.2 Å². The van der Waals surface area contributed by atoms with Gasteiger partial charge >= 0.3 is 0 Å². The molecule has 1 aromatic heterocycles. The van der Waals surface area contributed by atoms with Gasteiger partial charge < -0.3 is 24.6 Å². The molecule has 6 heteroatoms. The third kappa shape index (κ3) is 3.35. The zero-order chi connectivity index (χ0) is 17.8. The van der Waals surface area contributed by atoms with Crippen LogP contribution in [0, 0.1) is 0 Å². The van der Waals surface area contributed by atoms with Crippen LogP contribution in [0.15, 0.2) is 57.7 Å². The Morgan fingerprint density at radius 3 is 2.20 bits per heavy atom. The monoisotopic (exact) mass is 341 g/mol. The highest BCUT2D eigenvalue weighted by atomic mass is 16.4. The Hall–Kier alpha value is -2.83. The van der Waals surface area contributed by atoms with E-state index in [0.717, 1.165) is 5.69 Å². The van der Waals surface area contributed by atoms with Gasteiger partial charge in [0.2, 0.25) is 11.2 Å². The van der Waals surface area contributed by atoms with E-state index in [1.807, 2.05) is 4.90 Å². The molecule has 1 heterocycles. The van der Waals surface area contributed by atoms with Crippen LogP contribution in [-0.2, 0) is 0 Å². The zero-order valence-corrected chi connectivity index (χ0v) is 13.6. The lowest BCUT2D eigenvalue weighted by atomic mass is 10.1. The number of aliphatic hydroxyl groups excluding tert-OH is 2. The summed E-state index contributed by atoms with van der Waals surface area (Å²) in [5.74, 6) is -0.305. The van der Waals surface area contributed by atoms with Gasteiger partial charge in [-0.15, -0.1) is 0 Å². The molecule has 0 atom stereocenters. The lowest BCUT2D eigenvalue weighted by Gasteiger charge is -2.23. The van der Waals surface area contributed by atoms with Crippen molar-refractivity contribution in [2.75, 3.05) is 31.2 Å². The molecule has 0 amide bonds. The molecule has 2 aromatic carbocycles. The van der Waals surface area contributed by atoms with Crippen molar-refractivity contribution in [1.82, 2.24) is 0 Å². The summed E-state index contributed by atoms with van der Waals surface area (Å²) in [6.45, 7) is 0.747. The first kappa shape index (κ1) is 17.0. The number of aliphatic hydroxyl groups is 2. The predicted octanol–water partition coefficient (Wildman–Crippen LogP) is 1.96. The van der Waals surface area contributed by atoms with Crippen molar-refractivity contribution in [1.29, 1.82) is 0 Å². The maximum absolute atomic E-state index is 12.3. The van der Waals surface area contributed by atoms with Crippen LogP contribution >= 0.6 is 0 Å². The minimum Gasteiger partial charge on any atom is -0.502 e. The van der Waals surface area contributed by atoms with Crippen LogP contribution in [0.3, 0.4) is 0 Å². The van der Waals surface area contributed by atoms with Gasteiger partial charge in [-0.1, -0.05) is 12.1 Å². The van der Waals surface area contributed by atoms with Crippen molar-refractivity contribution in [2.24, 2.45) is 0 Å². The van der Waals surface area contributed by atoms with Gasteiger partial charge in [-0.05, 0) is 36.4 Å². The molecule has 130 valence electrons. The van der Waals surface area contributed by atoms with Crippen molar-refractivity contribution in [3.8, 4) is 17.1 Å². The summed E-state index contributed by atoms with van der Waals surface area (Å²) in [5, 5.41) is 28.8. The molecule has 0 radical (unpaired) electrons. The maximum atomic E-state index is 12.3. The third-order valence-electron chi connectivity index (χ3n) is 4.01. The highest BCUT2D eigenvalue weighted by molar-refractivity contribution is 5.81. The van der Waals surface area contributed by atoms with Crippen molar-refractivity contribution in [3.05, 3.63) is 58.8 Å². The summed E-state index contributed by atoms with van der Waals surface area (Å²) >= 11 is 0. The first-order valence-electron chi connectivity index (χ1n) is 7.97. The number of hydrogen-bond donors (Lipinski definition) is 3. The molecule has 0 aliphatic rings. The Balaban J connectivity index is 2.01. The number of anilines is 1. The topological polar surface area (TPSA) is 94.1 Å². The fourth-order valence-corrected chi connectivity index (χ4v) is 2.76. The molecular formula is C19H19NO5. The predicted molar refractivity (Wildman–Crippen MR) is 96.0 cm³/mol. The fourth-order valence-electron chi connectivity index (χ4n) is 2.76. The molecule has 0 saturated carbocycles. The molecule has 0 unspecified atom stereocenters. The Morgan fingerprint density at radius 1 is 0.920 bits per heavy atom. The maximum Gasteiger partial charge on any atom is 0.235 e. The zero-order valence-electron chi connectivity index (χ0n) is 13.6. The van der Waals surface area contributed by atoms with Crippen molar-refractivity contribution in [2.45, 2.75) is 0 Å². The van der Waals surface area contributed by atoms with Crippen molar-refractivity contribution < 1.29 is 19.7 Å². The van der Waals surface area contributed by atoms with Crippen molar-refractivity contribution in [3.63, 3.8) is 0 Å². The van der Waals surface area contributed by atoms with E-state index in [1.165, 1.54) is 0 Å². The van der Waals surface area contributed by atoms with Gasteiger partial charge in [-0.3, -0.25) is 4.79 Å². The second-order valence-corrected chi connectivity index (χ2v) is 5.59. The van der Waals surface area contributed by atoms with E-state index in [1.54, 1.807) is 48.5 Å². The second-order valence-electron chi connectivity index (χ2n) is 5.59. The molecule has 25 heavy (non-hydrogen) atoms. The molecule has 3 aromatic rings. The van der Waals surface area contributed by atoms with E-state index >= 15 is 0 Å². The second kappa shape index (κ2) is 7.38. The number of rotatable bonds is 6. The van der Waals surface area contributed by atoms with Crippen molar-refractivity contribution >= 4 is 16.7 Å². The highest BCUT2D eigenvalue weighted by Gasteiger charge is 2.15. The summed E-state index contributed by atoms with van der Waals surface area (Å²) in [4.78, 5) is 14.1. The Bertz CT molecular complexity index is 911. The average molecular weight is 341 g/mol. The van der Waals surface area contributed by atoms with Gasteiger partial charge in [-0.25, -0.2) is 0 Å². The summed E-state index contributed by atoms with van der Waals surface area (Å²) in [6.07, 6.45) is 0. The summed E-state index contributed by atoms with van der Waals surface area (Å²) in [5.41, 5.74) is 1.32. The van der Waals surface area contributed by atoms with Gasteiger partial charge in [0.1, 0.15) is 5.58 Å². The van der Waals surface area contributed by atoms with E-state index in [9.17, 15) is 9.90 Å². The molecule has 6 nitrogen and oxygen atoms in total. The van der Waals surface area contributed by atoms with Crippen LogP contribution in [0.2, 0.25) is 0 Å². The van der Waals surface area contributed by atoms with E-state index in [4.69, 9.17) is 14.6 Å². The van der Waals surface area contributed by atoms with Gasteiger partial charge in [0, 0.05) is 24.3 Å². The quantitative estimate of drug-likeness (QED) is 0.634. The molecule has 0 fully saturated rings. The smallest absolute Gasteiger partial charge is 0.235 e. The summed E-state index contributed by atoms with van der Waals surface area (Å²) in [6, 6.07) is 13.8. The van der Waals surface area contributed by atoms with Gasteiger partial charge in [0.25, 0.3) is 0 Å². The Kier molecular flexibility index (Phi) is 5.02. The molecule has 0 saturated heterocycles. The standard InChI is InChI=1S/C19H19NO5/c21-11-9-20(10-12-22)14-7-5-13(6-8-14)19-18(24)17(23)15-3-1-2-4-16(15)25-19/h1-8,21-22,24H,9-12H2. The summed E-state index contributed by atoms with van der Waals surface area (Å²) in [7, 11) is 0. The number of nitrogens with zero attached hydrogens (tertiary/aromatic N) is 1. The minimum absolute atomic E-state index is 0.0257. The van der Waals surface area contributed by atoms with Crippen LogP contribution in [0.4, 0.5) is 5.69 Å². The largest absolute Gasteiger partial charge is 0.502 e. The first-order chi connectivity index (χ1) is 12.2. The Labute approximate surface area is 144 Å². The SMILES string of the molecule is O=c1c(O)c(-c2ccc(N(CCO)CCO)cc2)oc2ccccc12. The third-order valence-corrected chi connectivity index (χ3v) is 4.01. The van der Waals surface area contributed by atoms with Crippen LogP contribution in [0.5, 0.6) is 5.75 Å². The number of benzene rings is 2. The highest BCUT2D eigenvalue weighted by Crippen LogP contribution is 2.31. The van der Waals surface area contributed by atoms with Gasteiger partial charge in [0.15, 0.2) is 5.76 Å². The normalized spacial score (nSPS) is 11.0. The summed E-state index contributed by atoms with van der Waals surface area (Å²) < 4.78 is 5.71. The fraction of sp³-hybridized carbons (Fsp3) is 0.211. The molecule has 3 rings (SSSR count).